The zero-order valence-electron chi connectivity index (χ0n) is 10.9. The molecule has 4 N–H and O–H groups in total. The Bertz CT molecular complexity index is 600. The SMILES string of the molecule is CC(NCc1cc(F)cc(/C(N)=N/O)c1)c1nccs1. The van der Waals surface area contributed by atoms with E-state index in [1.54, 1.807) is 23.6 Å². The number of rotatable bonds is 5. The minimum Gasteiger partial charge on any atom is -0.409 e. The average molecular weight is 294 g/mol. The van der Waals surface area contributed by atoms with Crippen LogP contribution in [0.2, 0.25) is 0 Å². The van der Waals surface area contributed by atoms with Crippen molar-refractivity contribution in [2.24, 2.45) is 10.9 Å². The van der Waals surface area contributed by atoms with Gasteiger partial charge in [0.1, 0.15) is 10.8 Å². The Balaban J connectivity index is 2.08. The molecule has 0 saturated heterocycles. The van der Waals surface area contributed by atoms with Gasteiger partial charge in [-0.25, -0.2) is 9.37 Å². The van der Waals surface area contributed by atoms with Crippen molar-refractivity contribution < 1.29 is 9.60 Å². The van der Waals surface area contributed by atoms with E-state index < -0.39 is 5.82 Å². The first-order valence-electron chi connectivity index (χ1n) is 6.00. The summed E-state index contributed by atoms with van der Waals surface area (Å²) < 4.78 is 13.5. The third kappa shape index (κ3) is 3.52. The maximum Gasteiger partial charge on any atom is 0.170 e. The smallest absolute Gasteiger partial charge is 0.170 e. The van der Waals surface area contributed by atoms with Gasteiger partial charge in [0.15, 0.2) is 5.84 Å². The summed E-state index contributed by atoms with van der Waals surface area (Å²) in [5, 5.41) is 17.6. The monoisotopic (exact) mass is 294 g/mol. The summed E-state index contributed by atoms with van der Waals surface area (Å²) in [7, 11) is 0. The Hall–Kier alpha value is -1.99. The number of thiazole rings is 1. The van der Waals surface area contributed by atoms with E-state index >= 15 is 0 Å². The number of nitrogens with one attached hydrogen (secondary N) is 1. The minimum atomic E-state index is -0.423. The molecule has 0 fully saturated rings. The van der Waals surface area contributed by atoms with Crippen LogP contribution < -0.4 is 11.1 Å². The van der Waals surface area contributed by atoms with Crippen molar-refractivity contribution in [3.63, 3.8) is 0 Å². The molecule has 20 heavy (non-hydrogen) atoms. The summed E-state index contributed by atoms with van der Waals surface area (Å²) in [6.45, 7) is 2.45. The number of amidine groups is 1. The van der Waals surface area contributed by atoms with Crippen LogP contribution in [0.1, 0.15) is 29.1 Å². The Morgan fingerprint density at radius 2 is 2.35 bits per heavy atom. The predicted molar refractivity (Wildman–Crippen MR) is 76.3 cm³/mol. The van der Waals surface area contributed by atoms with Gasteiger partial charge in [0, 0.05) is 23.7 Å². The first-order valence-corrected chi connectivity index (χ1v) is 6.88. The minimum absolute atomic E-state index is 0.0746. The number of aromatic nitrogens is 1. The van der Waals surface area contributed by atoms with Gasteiger partial charge in [-0.05, 0) is 30.7 Å². The third-order valence-electron chi connectivity index (χ3n) is 2.80. The largest absolute Gasteiger partial charge is 0.409 e. The molecule has 1 heterocycles. The lowest BCUT2D eigenvalue weighted by Crippen LogP contribution is -2.19. The number of nitrogens with zero attached hydrogens (tertiary/aromatic N) is 2. The number of benzene rings is 1. The standard InChI is InChI=1S/C13H15FN4OS/c1-8(13-16-2-3-20-13)17-7-9-4-10(12(15)18-19)6-11(14)5-9/h2-6,8,17,19H,7H2,1H3,(H2,15,18). The topological polar surface area (TPSA) is 83.5 Å². The van der Waals surface area contributed by atoms with E-state index in [0.717, 1.165) is 10.6 Å². The van der Waals surface area contributed by atoms with Crippen LogP contribution in [0.25, 0.3) is 0 Å². The summed E-state index contributed by atoms with van der Waals surface area (Å²) in [4.78, 5) is 4.21. The van der Waals surface area contributed by atoms with E-state index in [0.29, 0.717) is 12.1 Å². The van der Waals surface area contributed by atoms with Gasteiger partial charge in [0.25, 0.3) is 0 Å². The molecule has 0 aliphatic heterocycles. The zero-order valence-corrected chi connectivity index (χ0v) is 11.7. The first kappa shape index (κ1) is 14.4. The third-order valence-corrected chi connectivity index (χ3v) is 3.75. The molecule has 1 aromatic heterocycles. The Labute approximate surface area is 120 Å². The number of oxime groups is 1. The van der Waals surface area contributed by atoms with Gasteiger partial charge in [-0.3, -0.25) is 0 Å². The molecule has 106 valence electrons. The van der Waals surface area contributed by atoms with Gasteiger partial charge in [-0.1, -0.05) is 5.16 Å². The van der Waals surface area contributed by atoms with Gasteiger partial charge in [0.05, 0.1) is 6.04 Å². The normalized spacial score (nSPS) is 13.4. The van der Waals surface area contributed by atoms with Gasteiger partial charge in [-0.15, -0.1) is 11.3 Å². The van der Waals surface area contributed by atoms with Crippen LogP contribution in [0.4, 0.5) is 4.39 Å². The summed E-state index contributed by atoms with van der Waals surface area (Å²) in [5.74, 6) is -0.536. The van der Waals surface area contributed by atoms with Crippen molar-refractivity contribution in [2.45, 2.75) is 19.5 Å². The maximum atomic E-state index is 13.5. The fourth-order valence-corrected chi connectivity index (χ4v) is 2.43. The lowest BCUT2D eigenvalue weighted by Gasteiger charge is -2.12. The maximum absolute atomic E-state index is 13.5. The molecule has 1 unspecified atom stereocenters. The number of halogens is 1. The number of nitrogens with two attached hydrogens (primary N) is 1. The van der Waals surface area contributed by atoms with Crippen LogP contribution >= 0.6 is 11.3 Å². The summed E-state index contributed by atoms with van der Waals surface area (Å²) in [6, 6.07) is 4.39. The van der Waals surface area contributed by atoms with Crippen molar-refractivity contribution in [1.82, 2.24) is 10.3 Å². The van der Waals surface area contributed by atoms with Crippen molar-refractivity contribution in [3.8, 4) is 0 Å². The molecule has 2 rings (SSSR count). The fraction of sp³-hybridized carbons (Fsp3) is 0.231. The quantitative estimate of drug-likeness (QED) is 0.342. The number of hydrogen-bond donors (Lipinski definition) is 3. The molecule has 2 aromatic rings. The molecule has 1 atom stereocenters. The molecule has 0 saturated carbocycles. The van der Waals surface area contributed by atoms with Gasteiger partial charge >= 0.3 is 0 Å². The second-order valence-electron chi connectivity index (χ2n) is 4.31. The van der Waals surface area contributed by atoms with Gasteiger partial charge in [-0.2, -0.15) is 0 Å². The molecule has 1 aromatic carbocycles. The van der Waals surface area contributed by atoms with E-state index in [9.17, 15) is 4.39 Å². The van der Waals surface area contributed by atoms with E-state index in [1.165, 1.54) is 12.1 Å². The van der Waals surface area contributed by atoms with Crippen molar-refractivity contribution in [1.29, 1.82) is 0 Å². The molecule has 0 bridgehead atoms. The molecule has 5 nitrogen and oxygen atoms in total. The van der Waals surface area contributed by atoms with E-state index in [2.05, 4.69) is 15.5 Å². The molecule has 0 aliphatic carbocycles. The van der Waals surface area contributed by atoms with Crippen molar-refractivity contribution in [3.05, 3.63) is 51.7 Å². The van der Waals surface area contributed by atoms with Crippen LogP contribution in [0.15, 0.2) is 34.9 Å². The van der Waals surface area contributed by atoms with E-state index in [1.807, 2.05) is 12.3 Å². The Kier molecular flexibility index (Phi) is 4.65. The highest BCUT2D eigenvalue weighted by atomic mass is 32.1. The molecule has 0 aliphatic rings. The molecule has 0 spiro atoms. The molecular weight excluding hydrogens is 279 g/mol. The molecular formula is C13H15FN4OS. The highest BCUT2D eigenvalue weighted by Gasteiger charge is 2.09. The van der Waals surface area contributed by atoms with E-state index in [4.69, 9.17) is 10.9 Å². The van der Waals surface area contributed by atoms with E-state index in [-0.39, 0.29) is 11.9 Å². The Morgan fingerprint density at radius 1 is 1.55 bits per heavy atom. The predicted octanol–water partition coefficient (Wildman–Crippen LogP) is 2.23. The van der Waals surface area contributed by atoms with Crippen LogP contribution in [0.3, 0.4) is 0 Å². The van der Waals surface area contributed by atoms with Crippen LogP contribution in [0.5, 0.6) is 0 Å². The van der Waals surface area contributed by atoms with Crippen LogP contribution in [-0.2, 0) is 6.54 Å². The zero-order chi connectivity index (χ0) is 14.5. The summed E-state index contributed by atoms with van der Waals surface area (Å²) in [6.07, 6.45) is 1.75. The highest BCUT2D eigenvalue weighted by molar-refractivity contribution is 7.09. The summed E-state index contributed by atoms with van der Waals surface area (Å²) >= 11 is 1.56. The fourth-order valence-electron chi connectivity index (χ4n) is 1.76. The van der Waals surface area contributed by atoms with Crippen molar-refractivity contribution >= 4 is 17.2 Å². The lowest BCUT2D eigenvalue weighted by molar-refractivity contribution is 0.318. The molecule has 7 heteroatoms. The summed E-state index contributed by atoms with van der Waals surface area (Å²) in [5.41, 5.74) is 6.54. The van der Waals surface area contributed by atoms with Gasteiger partial charge in [0.2, 0.25) is 0 Å². The van der Waals surface area contributed by atoms with Crippen LogP contribution in [0, 0.1) is 5.82 Å². The second kappa shape index (κ2) is 6.44. The average Bonchev–Trinajstić information content (AvgIpc) is 2.97. The molecule has 0 radical (unpaired) electrons. The highest BCUT2D eigenvalue weighted by Crippen LogP contribution is 2.16. The van der Waals surface area contributed by atoms with Gasteiger partial charge < -0.3 is 16.3 Å². The first-order chi connectivity index (χ1) is 9.60. The Morgan fingerprint density at radius 3 is 3.00 bits per heavy atom. The molecule has 0 amide bonds. The second-order valence-corrected chi connectivity index (χ2v) is 5.23. The lowest BCUT2D eigenvalue weighted by atomic mass is 10.1. The number of hydrogen-bond acceptors (Lipinski definition) is 5. The van der Waals surface area contributed by atoms with Crippen molar-refractivity contribution in [2.75, 3.05) is 0 Å². The van der Waals surface area contributed by atoms with Crippen LogP contribution in [-0.4, -0.2) is 16.0 Å².